The Morgan fingerprint density at radius 1 is 1.26 bits per heavy atom. The van der Waals surface area contributed by atoms with Crippen molar-refractivity contribution in [2.75, 3.05) is 6.54 Å². The van der Waals surface area contributed by atoms with Crippen molar-refractivity contribution >= 4 is 23.2 Å². The smallest absolute Gasteiger partial charge is 0.246 e. The molecule has 1 aliphatic heterocycles. The molecule has 2 amide bonds. The van der Waals surface area contributed by atoms with Crippen LogP contribution in [0.3, 0.4) is 0 Å². The summed E-state index contributed by atoms with van der Waals surface area (Å²) in [6.45, 7) is 9.34. The number of aliphatic hydroxyl groups is 1. The molecule has 8 nitrogen and oxygen atoms in total. The van der Waals surface area contributed by atoms with Crippen LogP contribution in [-0.4, -0.2) is 55.5 Å². The Kier molecular flexibility index (Phi) is 6.60. The number of aryl methyl sites for hydroxylation is 1. The highest BCUT2D eigenvalue weighted by Crippen LogP contribution is 2.35. The van der Waals surface area contributed by atoms with E-state index in [4.69, 9.17) is 0 Å². The standard InChI is InChI=1S/C25H31N5O3S/c1-14-21(34-13-27-14)17-8-6-7-16(9-17)19-11-26-23(29-19)20-10-18(32)12-30(20)24(33)22(25(3,4)5)28-15(2)31/h6-9,11,13,18,20,22,32H,10,12H2,1-5H3,(H,26,29)(H,28,31)/t18-,20+,22-/m1/s1. The van der Waals surface area contributed by atoms with Gasteiger partial charge in [0.05, 0.1) is 40.1 Å². The summed E-state index contributed by atoms with van der Waals surface area (Å²) in [5.74, 6) is 0.139. The maximum Gasteiger partial charge on any atom is 0.246 e. The van der Waals surface area contributed by atoms with Crippen LogP contribution in [0.15, 0.2) is 36.0 Å². The lowest BCUT2D eigenvalue weighted by Gasteiger charge is -2.35. The second-order valence-corrected chi connectivity index (χ2v) is 10.8. The van der Waals surface area contributed by atoms with Crippen molar-refractivity contribution in [2.45, 2.75) is 59.2 Å². The zero-order chi connectivity index (χ0) is 24.6. The van der Waals surface area contributed by atoms with Crippen molar-refractivity contribution < 1.29 is 14.7 Å². The number of β-amino-alcohol motifs (C(OH)–C–C–N with tert-alkyl or cyclic N) is 1. The summed E-state index contributed by atoms with van der Waals surface area (Å²) in [5.41, 5.74) is 5.26. The Morgan fingerprint density at radius 3 is 2.65 bits per heavy atom. The summed E-state index contributed by atoms with van der Waals surface area (Å²) < 4.78 is 0. The van der Waals surface area contributed by atoms with Gasteiger partial charge >= 0.3 is 0 Å². The highest BCUT2D eigenvalue weighted by Gasteiger charge is 2.43. The first-order valence-electron chi connectivity index (χ1n) is 11.4. The molecule has 0 unspecified atom stereocenters. The van der Waals surface area contributed by atoms with Crippen molar-refractivity contribution in [3.05, 3.63) is 47.5 Å². The zero-order valence-corrected chi connectivity index (χ0v) is 20.9. The summed E-state index contributed by atoms with van der Waals surface area (Å²) in [5, 5.41) is 13.2. The topological polar surface area (TPSA) is 111 Å². The highest BCUT2D eigenvalue weighted by atomic mass is 32.1. The van der Waals surface area contributed by atoms with Gasteiger partial charge in [-0.25, -0.2) is 9.97 Å². The van der Waals surface area contributed by atoms with E-state index < -0.39 is 23.6 Å². The Labute approximate surface area is 203 Å². The van der Waals surface area contributed by atoms with E-state index in [1.807, 2.05) is 45.3 Å². The number of benzene rings is 1. The van der Waals surface area contributed by atoms with Crippen LogP contribution in [0.5, 0.6) is 0 Å². The number of imidazole rings is 1. The number of likely N-dealkylation sites (tertiary alicyclic amines) is 1. The minimum Gasteiger partial charge on any atom is -0.391 e. The van der Waals surface area contributed by atoms with Crippen LogP contribution >= 0.6 is 11.3 Å². The summed E-state index contributed by atoms with van der Waals surface area (Å²) in [6, 6.07) is 7.06. The van der Waals surface area contributed by atoms with Gasteiger partial charge in [-0.15, -0.1) is 11.3 Å². The zero-order valence-electron chi connectivity index (χ0n) is 20.1. The molecular weight excluding hydrogens is 450 g/mol. The summed E-state index contributed by atoms with van der Waals surface area (Å²) in [4.78, 5) is 40.3. The van der Waals surface area contributed by atoms with Gasteiger partial charge in [-0.3, -0.25) is 9.59 Å². The molecule has 180 valence electrons. The number of nitrogens with one attached hydrogen (secondary N) is 2. The molecule has 0 aliphatic carbocycles. The molecule has 3 heterocycles. The summed E-state index contributed by atoms with van der Waals surface area (Å²) in [7, 11) is 0. The molecule has 3 N–H and O–H groups in total. The van der Waals surface area contributed by atoms with Gasteiger partial charge in [0.2, 0.25) is 11.8 Å². The molecule has 1 saturated heterocycles. The van der Waals surface area contributed by atoms with E-state index >= 15 is 0 Å². The largest absolute Gasteiger partial charge is 0.391 e. The van der Waals surface area contributed by atoms with Gasteiger partial charge in [-0.05, 0) is 24.0 Å². The number of rotatable bonds is 5. The van der Waals surface area contributed by atoms with Crippen LogP contribution in [0, 0.1) is 12.3 Å². The van der Waals surface area contributed by atoms with Crippen molar-refractivity contribution in [1.82, 2.24) is 25.2 Å². The van der Waals surface area contributed by atoms with Crippen LogP contribution in [0.1, 0.15) is 51.7 Å². The van der Waals surface area contributed by atoms with Crippen molar-refractivity contribution in [1.29, 1.82) is 0 Å². The molecule has 0 saturated carbocycles. The second kappa shape index (κ2) is 9.31. The first-order chi connectivity index (χ1) is 16.0. The summed E-state index contributed by atoms with van der Waals surface area (Å²) in [6.07, 6.45) is 1.49. The average Bonchev–Trinajstić information content (AvgIpc) is 3.50. The maximum atomic E-state index is 13.5. The summed E-state index contributed by atoms with van der Waals surface area (Å²) >= 11 is 1.61. The van der Waals surface area contributed by atoms with E-state index in [0.29, 0.717) is 12.2 Å². The number of hydrogen-bond donors (Lipinski definition) is 3. The Morgan fingerprint density at radius 2 is 2.00 bits per heavy atom. The third kappa shape index (κ3) is 4.90. The van der Waals surface area contributed by atoms with Crippen LogP contribution < -0.4 is 5.32 Å². The number of carbonyl (C=O) groups is 2. The number of aliphatic hydroxyl groups excluding tert-OH is 1. The molecular formula is C25H31N5O3S. The van der Waals surface area contributed by atoms with Crippen molar-refractivity contribution in [3.63, 3.8) is 0 Å². The van der Waals surface area contributed by atoms with Crippen LogP contribution in [0.2, 0.25) is 0 Å². The van der Waals surface area contributed by atoms with Gasteiger partial charge in [0, 0.05) is 25.5 Å². The lowest BCUT2D eigenvalue weighted by molar-refractivity contribution is -0.140. The molecule has 4 rings (SSSR count). The molecule has 3 atom stereocenters. The molecule has 0 spiro atoms. The molecule has 3 aromatic rings. The molecule has 1 aliphatic rings. The SMILES string of the molecule is CC(=O)N[C@H](C(=O)N1C[C@H](O)C[C@H]1c1ncc(-c2cccc(-c3scnc3C)c2)[nH]1)C(C)(C)C. The van der Waals surface area contributed by atoms with Gasteiger partial charge in [-0.2, -0.15) is 0 Å². The Balaban J connectivity index is 1.61. The predicted octanol–water partition coefficient (Wildman–Crippen LogP) is 3.69. The fourth-order valence-corrected chi connectivity index (χ4v) is 5.20. The molecule has 34 heavy (non-hydrogen) atoms. The average molecular weight is 482 g/mol. The first-order valence-corrected chi connectivity index (χ1v) is 12.2. The molecule has 0 radical (unpaired) electrons. The number of aromatic amines is 1. The highest BCUT2D eigenvalue weighted by molar-refractivity contribution is 7.13. The van der Waals surface area contributed by atoms with E-state index in [9.17, 15) is 14.7 Å². The fraction of sp³-hybridized carbons (Fsp3) is 0.440. The van der Waals surface area contributed by atoms with E-state index in [0.717, 1.165) is 27.4 Å². The minimum absolute atomic E-state index is 0.200. The lowest BCUT2D eigenvalue weighted by Crippen LogP contribution is -2.54. The van der Waals surface area contributed by atoms with Gasteiger partial charge in [0.1, 0.15) is 11.9 Å². The monoisotopic (exact) mass is 481 g/mol. The second-order valence-electron chi connectivity index (χ2n) is 9.93. The van der Waals surface area contributed by atoms with Crippen molar-refractivity contribution in [2.24, 2.45) is 5.41 Å². The van der Waals surface area contributed by atoms with E-state index in [2.05, 4.69) is 32.4 Å². The number of carbonyl (C=O) groups excluding carboxylic acids is 2. The minimum atomic E-state index is -0.702. The number of aromatic nitrogens is 3. The molecule has 9 heteroatoms. The quantitative estimate of drug-likeness (QED) is 0.515. The van der Waals surface area contributed by atoms with Gasteiger partial charge in [0.25, 0.3) is 0 Å². The Bertz CT molecular complexity index is 1200. The van der Waals surface area contributed by atoms with Crippen LogP contribution in [-0.2, 0) is 9.59 Å². The number of nitrogens with zero attached hydrogens (tertiary/aromatic N) is 3. The van der Waals surface area contributed by atoms with E-state index in [1.54, 1.807) is 22.4 Å². The van der Waals surface area contributed by atoms with E-state index in [1.165, 1.54) is 6.92 Å². The van der Waals surface area contributed by atoms with Crippen molar-refractivity contribution in [3.8, 4) is 21.7 Å². The number of H-pyrrole nitrogens is 1. The number of hydrogen-bond acceptors (Lipinski definition) is 6. The molecule has 2 aromatic heterocycles. The maximum absolute atomic E-state index is 13.5. The first kappa shape index (κ1) is 24.1. The van der Waals surface area contributed by atoms with Gasteiger partial charge in [0.15, 0.2) is 0 Å². The third-order valence-electron chi connectivity index (χ3n) is 6.12. The van der Waals surface area contributed by atoms with Crippen LogP contribution in [0.4, 0.5) is 0 Å². The normalized spacial score (nSPS) is 19.3. The van der Waals surface area contributed by atoms with Gasteiger partial charge in [-0.1, -0.05) is 39.0 Å². The van der Waals surface area contributed by atoms with Crippen LogP contribution in [0.25, 0.3) is 21.7 Å². The third-order valence-corrected chi connectivity index (χ3v) is 7.09. The fourth-order valence-electron chi connectivity index (χ4n) is 4.39. The lowest BCUT2D eigenvalue weighted by atomic mass is 9.85. The number of amides is 2. The molecule has 1 fully saturated rings. The Hall–Kier alpha value is -3.04. The molecule has 0 bridgehead atoms. The molecule has 1 aromatic carbocycles. The van der Waals surface area contributed by atoms with Gasteiger partial charge < -0.3 is 20.3 Å². The number of thiazole rings is 1. The van der Waals surface area contributed by atoms with E-state index in [-0.39, 0.29) is 18.4 Å². The predicted molar refractivity (Wildman–Crippen MR) is 132 cm³/mol.